The molecule has 0 aliphatic heterocycles. The third-order valence-corrected chi connectivity index (χ3v) is 3.34. The highest BCUT2D eigenvalue weighted by Gasteiger charge is 2.10. The van der Waals surface area contributed by atoms with Crippen LogP contribution in [-0.4, -0.2) is 32.9 Å². The van der Waals surface area contributed by atoms with E-state index in [0.29, 0.717) is 12.5 Å². The van der Waals surface area contributed by atoms with Crippen LogP contribution in [0.2, 0.25) is 0 Å². The smallest absolute Gasteiger partial charge is 0.134 e. The van der Waals surface area contributed by atoms with Crippen LogP contribution in [0.1, 0.15) is 38.7 Å². The molecule has 3 nitrogen and oxygen atoms in total. The molecule has 1 rings (SSSR count). The molecule has 0 aliphatic carbocycles. The van der Waals surface area contributed by atoms with Crippen LogP contribution in [0.4, 0.5) is 0 Å². The van der Waals surface area contributed by atoms with Gasteiger partial charge < -0.3 is 14.8 Å². The van der Waals surface area contributed by atoms with Gasteiger partial charge in [0.05, 0.1) is 6.61 Å². The van der Waals surface area contributed by atoms with Crippen LogP contribution in [0.15, 0.2) is 24.3 Å². The van der Waals surface area contributed by atoms with E-state index in [1.807, 2.05) is 0 Å². The van der Waals surface area contributed by atoms with Crippen molar-refractivity contribution in [1.82, 2.24) is 5.32 Å². The molecule has 0 saturated carbocycles. The number of likely N-dealkylation sites (N-methyl/N-ethyl adjacent to an activating group) is 1. The highest BCUT2D eigenvalue weighted by molar-refractivity contribution is 5.29. The van der Waals surface area contributed by atoms with Gasteiger partial charge in [0, 0.05) is 13.7 Å². The minimum atomic E-state index is 0.0550. The van der Waals surface area contributed by atoms with Gasteiger partial charge in [-0.3, -0.25) is 0 Å². The molecular formula is C16H27NO2. The van der Waals surface area contributed by atoms with Crippen LogP contribution < -0.4 is 10.1 Å². The molecule has 108 valence electrons. The van der Waals surface area contributed by atoms with Gasteiger partial charge in [-0.2, -0.15) is 0 Å². The zero-order chi connectivity index (χ0) is 14.1. The lowest BCUT2D eigenvalue weighted by Crippen LogP contribution is -2.34. The molecule has 1 aromatic rings. The molecule has 0 radical (unpaired) electrons. The summed E-state index contributed by atoms with van der Waals surface area (Å²) >= 11 is 0. The van der Waals surface area contributed by atoms with Crippen molar-refractivity contribution in [2.24, 2.45) is 0 Å². The molecule has 0 aromatic heterocycles. The Bertz CT molecular complexity index is 337. The predicted octanol–water partition coefficient (Wildman–Crippen LogP) is 3.20. The number of nitrogens with one attached hydrogen (secondary N) is 1. The van der Waals surface area contributed by atoms with Crippen molar-refractivity contribution in [3.8, 4) is 5.75 Å². The molecular weight excluding hydrogens is 238 g/mol. The van der Waals surface area contributed by atoms with Crippen LogP contribution in [0.3, 0.4) is 0 Å². The van der Waals surface area contributed by atoms with E-state index in [9.17, 15) is 0 Å². The summed E-state index contributed by atoms with van der Waals surface area (Å²) in [5, 5.41) is 3.29. The summed E-state index contributed by atoms with van der Waals surface area (Å²) in [6.45, 7) is 8.88. The quantitative estimate of drug-likeness (QED) is 0.743. The number of rotatable bonds is 9. The molecule has 0 spiro atoms. The Labute approximate surface area is 117 Å². The summed E-state index contributed by atoms with van der Waals surface area (Å²) in [4.78, 5) is 0. The van der Waals surface area contributed by atoms with Gasteiger partial charge in [-0.1, -0.05) is 32.9 Å². The van der Waals surface area contributed by atoms with E-state index < -0.39 is 0 Å². The molecule has 0 saturated heterocycles. The first-order valence-electron chi connectivity index (χ1n) is 7.17. The first-order valence-corrected chi connectivity index (χ1v) is 7.17. The monoisotopic (exact) mass is 265 g/mol. The summed E-state index contributed by atoms with van der Waals surface area (Å²) in [5.41, 5.74) is 1.37. The van der Waals surface area contributed by atoms with Crippen molar-refractivity contribution in [2.45, 2.75) is 39.2 Å². The van der Waals surface area contributed by atoms with Crippen LogP contribution in [0.5, 0.6) is 5.75 Å². The zero-order valence-electron chi connectivity index (χ0n) is 12.6. The second kappa shape index (κ2) is 8.94. The third-order valence-electron chi connectivity index (χ3n) is 3.34. The van der Waals surface area contributed by atoms with Crippen molar-refractivity contribution in [3.05, 3.63) is 29.8 Å². The minimum Gasteiger partial charge on any atom is -0.487 e. The van der Waals surface area contributed by atoms with Gasteiger partial charge >= 0.3 is 0 Å². The number of methoxy groups -OCH3 is 1. The number of hydrogen-bond donors (Lipinski definition) is 1. The highest BCUT2D eigenvalue weighted by atomic mass is 16.5. The van der Waals surface area contributed by atoms with E-state index in [1.165, 1.54) is 5.56 Å². The average Bonchev–Trinajstić information content (AvgIpc) is 2.45. The molecule has 0 amide bonds. The minimum absolute atomic E-state index is 0.0550. The van der Waals surface area contributed by atoms with Crippen molar-refractivity contribution in [1.29, 1.82) is 0 Å². The predicted molar refractivity (Wildman–Crippen MR) is 80.0 cm³/mol. The van der Waals surface area contributed by atoms with E-state index in [-0.39, 0.29) is 6.10 Å². The van der Waals surface area contributed by atoms with Gasteiger partial charge in [0.25, 0.3) is 0 Å². The zero-order valence-corrected chi connectivity index (χ0v) is 12.6. The molecule has 0 aliphatic rings. The van der Waals surface area contributed by atoms with Gasteiger partial charge in [-0.25, -0.2) is 0 Å². The highest BCUT2D eigenvalue weighted by Crippen LogP contribution is 2.22. The van der Waals surface area contributed by atoms with Gasteiger partial charge in [-0.15, -0.1) is 0 Å². The Morgan fingerprint density at radius 3 is 2.37 bits per heavy atom. The maximum atomic E-state index is 5.94. The molecule has 0 bridgehead atoms. The lowest BCUT2D eigenvalue weighted by atomic mass is 9.99. The van der Waals surface area contributed by atoms with Gasteiger partial charge in [-0.05, 0) is 36.6 Å². The average molecular weight is 265 g/mol. The van der Waals surface area contributed by atoms with E-state index in [4.69, 9.17) is 9.47 Å². The number of ether oxygens (including phenoxy) is 2. The van der Waals surface area contributed by atoms with Crippen LogP contribution >= 0.6 is 0 Å². The van der Waals surface area contributed by atoms with Gasteiger partial charge in [0.1, 0.15) is 11.9 Å². The van der Waals surface area contributed by atoms with Crippen molar-refractivity contribution < 1.29 is 9.47 Å². The summed E-state index contributed by atoms with van der Waals surface area (Å²) in [7, 11) is 1.70. The number of benzene rings is 1. The van der Waals surface area contributed by atoms with E-state index in [2.05, 4.69) is 50.4 Å². The topological polar surface area (TPSA) is 30.5 Å². The summed E-state index contributed by atoms with van der Waals surface area (Å²) < 4.78 is 11.1. The lowest BCUT2D eigenvalue weighted by Gasteiger charge is -2.19. The van der Waals surface area contributed by atoms with Gasteiger partial charge in [0.2, 0.25) is 0 Å². The van der Waals surface area contributed by atoms with Crippen LogP contribution in [0.25, 0.3) is 0 Å². The fourth-order valence-electron chi connectivity index (χ4n) is 1.93. The first kappa shape index (κ1) is 16.0. The first-order chi connectivity index (χ1) is 9.21. The summed E-state index contributed by atoms with van der Waals surface area (Å²) in [6, 6.07) is 8.41. The van der Waals surface area contributed by atoms with E-state index in [0.717, 1.165) is 25.3 Å². The Balaban J connectivity index is 2.58. The maximum Gasteiger partial charge on any atom is 0.134 e. The fourth-order valence-corrected chi connectivity index (χ4v) is 1.93. The Morgan fingerprint density at radius 2 is 1.84 bits per heavy atom. The molecule has 0 heterocycles. The summed E-state index contributed by atoms with van der Waals surface area (Å²) in [5.74, 6) is 1.51. The SMILES string of the molecule is CCNCC(COC)Oc1ccc(C(C)CC)cc1. The lowest BCUT2D eigenvalue weighted by molar-refractivity contribution is 0.0809. The molecule has 1 N–H and O–H groups in total. The fraction of sp³-hybridized carbons (Fsp3) is 0.625. The molecule has 19 heavy (non-hydrogen) atoms. The molecule has 3 heteroatoms. The third kappa shape index (κ3) is 5.62. The molecule has 2 atom stereocenters. The largest absolute Gasteiger partial charge is 0.487 e. The second-order valence-electron chi connectivity index (χ2n) is 4.88. The Hall–Kier alpha value is -1.06. The Morgan fingerprint density at radius 1 is 1.16 bits per heavy atom. The van der Waals surface area contributed by atoms with Gasteiger partial charge in [0.15, 0.2) is 0 Å². The van der Waals surface area contributed by atoms with Crippen LogP contribution in [-0.2, 0) is 4.74 Å². The Kier molecular flexibility index (Phi) is 7.53. The molecule has 0 fully saturated rings. The number of hydrogen-bond acceptors (Lipinski definition) is 3. The molecule has 1 aromatic carbocycles. The van der Waals surface area contributed by atoms with Crippen molar-refractivity contribution in [3.63, 3.8) is 0 Å². The van der Waals surface area contributed by atoms with E-state index >= 15 is 0 Å². The molecule has 2 unspecified atom stereocenters. The second-order valence-corrected chi connectivity index (χ2v) is 4.88. The van der Waals surface area contributed by atoms with E-state index in [1.54, 1.807) is 7.11 Å². The normalized spacial score (nSPS) is 14.1. The van der Waals surface area contributed by atoms with Crippen LogP contribution in [0, 0.1) is 0 Å². The van der Waals surface area contributed by atoms with Crippen molar-refractivity contribution >= 4 is 0 Å². The van der Waals surface area contributed by atoms with Crippen molar-refractivity contribution in [2.75, 3.05) is 26.8 Å². The summed E-state index contributed by atoms with van der Waals surface area (Å²) in [6.07, 6.45) is 1.21. The standard InChI is InChI=1S/C16H27NO2/c1-5-13(3)14-7-9-15(10-8-14)19-16(12-18-4)11-17-6-2/h7-10,13,16-17H,5-6,11-12H2,1-4H3. The maximum absolute atomic E-state index is 5.94.